The first-order valence-corrected chi connectivity index (χ1v) is 7.87. The number of nitrogens with zero attached hydrogens (tertiary/aromatic N) is 2. The third-order valence-corrected chi connectivity index (χ3v) is 6.05. The fraction of sp³-hybridized carbons (Fsp3) is 0.750. The maximum Gasteiger partial charge on any atom is 0.271 e. The summed E-state index contributed by atoms with van der Waals surface area (Å²) in [5, 5.41) is 4.29. The summed E-state index contributed by atoms with van der Waals surface area (Å²) in [5.74, 6) is 2.61. The zero-order chi connectivity index (χ0) is 13.9. The third-order valence-electron chi connectivity index (χ3n) is 6.05. The number of aromatic nitrogens is 2. The summed E-state index contributed by atoms with van der Waals surface area (Å²) < 4.78 is 1.42. The molecule has 0 saturated heterocycles. The Bertz CT molecular complexity index is 569. The van der Waals surface area contributed by atoms with Crippen molar-refractivity contribution in [2.24, 2.45) is 30.5 Å². The van der Waals surface area contributed by atoms with Gasteiger partial charge in [0, 0.05) is 19.2 Å². The summed E-state index contributed by atoms with van der Waals surface area (Å²) >= 11 is 0. The predicted octanol–water partition coefficient (Wildman–Crippen LogP) is 1.71. The van der Waals surface area contributed by atoms with E-state index in [1.54, 1.807) is 7.05 Å². The van der Waals surface area contributed by atoms with Gasteiger partial charge in [0.15, 0.2) is 0 Å². The molecule has 1 heterocycles. The van der Waals surface area contributed by atoms with Crippen molar-refractivity contribution in [3.8, 4) is 0 Å². The molecule has 4 fully saturated rings. The highest BCUT2D eigenvalue weighted by molar-refractivity contribution is 5.33. The van der Waals surface area contributed by atoms with E-state index in [0.29, 0.717) is 6.54 Å². The average molecular weight is 273 g/mol. The molecule has 0 aliphatic heterocycles. The highest BCUT2D eigenvalue weighted by atomic mass is 16.1. The fourth-order valence-corrected chi connectivity index (χ4v) is 5.68. The lowest BCUT2D eigenvalue weighted by Crippen LogP contribution is -2.50. The van der Waals surface area contributed by atoms with Gasteiger partial charge in [-0.15, -0.1) is 0 Å². The minimum absolute atomic E-state index is 0.000690. The molecule has 0 atom stereocenters. The number of rotatable bonds is 2. The van der Waals surface area contributed by atoms with Crippen LogP contribution in [-0.2, 0) is 19.0 Å². The summed E-state index contributed by atoms with van der Waals surface area (Å²) in [6, 6.07) is 0. The topological polar surface area (TPSA) is 60.9 Å². The quantitative estimate of drug-likeness (QED) is 0.892. The van der Waals surface area contributed by atoms with Crippen LogP contribution in [0.2, 0.25) is 0 Å². The van der Waals surface area contributed by atoms with E-state index in [1.165, 1.54) is 48.8 Å². The van der Waals surface area contributed by atoms with Gasteiger partial charge in [-0.05, 0) is 67.3 Å². The molecular weight excluding hydrogens is 250 g/mol. The molecule has 108 valence electrons. The molecule has 1 aromatic heterocycles. The number of hydrogen-bond donors (Lipinski definition) is 1. The molecule has 2 N–H and O–H groups in total. The molecule has 4 heteroatoms. The first-order chi connectivity index (χ1) is 9.61. The second-order valence-electron chi connectivity index (χ2n) is 7.37. The Kier molecular flexibility index (Phi) is 2.62. The van der Waals surface area contributed by atoms with Gasteiger partial charge in [-0.2, -0.15) is 5.10 Å². The molecule has 1 aromatic rings. The van der Waals surface area contributed by atoms with Crippen molar-refractivity contribution in [2.45, 2.75) is 50.5 Å². The molecule has 4 aliphatic rings. The molecule has 4 bridgehead atoms. The van der Waals surface area contributed by atoms with E-state index in [-0.39, 0.29) is 11.0 Å². The lowest BCUT2D eigenvalue weighted by molar-refractivity contribution is -0.00592. The zero-order valence-electron chi connectivity index (χ0n) is 12.1. The van der Waals surface area contributed by atoms with E-state index in [2.05, 4.69) is 5.10 Å². The Labute approximate surface area is 119 Å². The van der Waals surface area contributed by atoms with Crippen molar-refractivity contribution in [3.63, 3.8) is 0 Å². The SMILES string of the molecule is Cn1ncc(C23CC4CC(CC(C4)C2)C3)c(CN)c1=O. The van der Waals surface area contributed by atoms with Gasteiger partial charge < -0.3 is 5.73 Å². The van der Waals surface area contributed by atoms with Crippen LogP contribution in [0, 0.1) is 17.8 Å². The van der Waals surface area contributed by atoms with Gasteiger partial charge >= 0.3 is 0 Å². The van der Waals surface area contributed by atoms with E-state index in [9.17, 15) is 4.79 Å². The second-order valence-corrected chi connectivity index (χ2v) is 7.37. The third kappa shape index (κ3) is 1.63. The molecule has 5 rings (SSSR count). The maximum atomic E-state index is 12.3. The van der Waals surface area contributed by atoms with Crippen LogP contribution in [0.3, 0.4) is 0 Å². The zero-order valence-corrected chi connectivity index (χ0v) is 12.1. The Morgan fingerprint density at radius 3 is 2.30 bits per heavy atom. The fourth-order valence-electron chi connectivity index (χ4n) is 5.68. The molecule has 0 amide bonds. The van der Waals surface area contributed by atoms with E-state index in [4.69, 9.17) is 5.73 Å². The maximum absolute atomic E-state index is 12.3. The summed E-state index contributed by atoms with van der Waals surface area (Å²) in [6.07, 6.45) is 9.93. The van der Waals surface area contributed by atoms with Crippen LogP contribution in [0.1, 0.15) is 49.7 Å². The summed E-state index contributed by atoms with van der Waals surface area (Å²) in [5.41, 5.74) is 8.10. The van der Waals surface area contributed by atoms with Crippen LogP contribution >= 0.6 is 0 Å². The van der Waals surface area contributed by atoms with Gasteiger partial charge in [0.1, 0.15) is 0 Å². The Balaban J connectivity index is 1.85. The first kappa shape index (κ1) is 12.6. The lowest BCUT2D eigenvalue weighted by atomic mass is 9.48. The average Bonchev–Trinajstić information content (AvgIpc) is 2.40. The Morgan fingerprint density at radius 1 is 1.25 bits per heavy atom. The minimum Gasteiger partial charge on any atom is -0.326 e. The van der Waals surface area contributed by atoms with Crippen LogP contribution < -0.4 is 11.3 Å². The lowest BCUT2D eigenvalue weighted by Gasteiger charge is -2.57. The van der Waals surface area contributed by atoms with Crippen molar-refractivity contribution < 1.29 is 0 Å². The molecule has 20 heavy (non-hydrogen) atoms. The van der Waals surface area contributed by atoms with Gasteiger partial charge in [-0.1, -0.05) is 0 Å². The Morgan fingerprint density at radius 2 is 1.80 bits per heavy atom. The van der Waals surface area contributed by atoms with Crippen molar-refractivity contribution >= 4 is 0 Å². The standard InChI is InChI=1S/C16H23N3O/c1-19-15(20)13(8-17)14(9-18-19)16-5-10-2-11(6-16)4-12(3-10)7-16/h9-12H,2-8,17H2,1H3. The molecular formula is C16H23N3O. The van der Waals surface area contributed by atoms with Crippen LogP contribution in [0.5, 0.6) is 0 Å². The van der Waals surface area contributed by atoms with Gasteiger partial charge in [-0.25, -0.2) is 4.68 Å². The number of aryl methyl sites for hydroxylation is 1. The molecule has 4 aliphatic carbocycles. The predicted molar refractivity (Wildman–Crippen MR) is 77.2 cm³/mol. The normalized spacial score (nSPS) is 38.4. The molecule has 4 saturated carbocycles. The van der Waals surface area contributed by atoms with Crippen molar-refractivity contribution in [2.75, 3.05) is 0 Å². The molecule has 0 aromatic carbocycles. The van der Waals surface area contributed by atoms with Crippen LogP contribution in [0.25, 0.3) is 0 Å². The first-order valence-electron chi connectivity index (χ1n) is 7.87. The van der Waals surface area contributed by atoms with Gasteiger partial charge in [0.25, 0.3) is 5.56 Å². The molecule has 0 spiro atoms. The molecule has 0 unspecified atom stereocenters. The summed E-state index contributed by atoms with van der Waals surface area (Å²) in [7, 11) is 1.71. The summed E-state index contributed by atoms with van der Waals surface area (Å²) in [6.45, 7) is 0.340. The number of hydrogen-bond acceptors (Lipinski definition) is 3. The van der Waals surface area contributed by atoms with Gasteiger partial charge in [0.05, 0.1) is 6.20 Å². The van der Waals surface area contributed by atoms with E-state index in [1.807, 2.05) is 6.20 Å². The Hall–Kier alpha value is -1.16. The highest BCUT2D eigenvalue weighted by Crippen LogP contribution is 2.60. The van der Waals surface area contributed by atoms with Gasteiger partial charge in [0.2, 0.25) is 0 Å². The number of nitrogens with two attached hydrogens (primary N) is 1. The van der Waals surface area contributed by atoms with Crippen molar-refractivity contribution in [3.05, 3.63) is 27.7 Å². The minimum atomic E-state index is 0.000690. The van der Waals surface area contributed by atoms with Crippen molar-refractivity contribution in [1.29, 1.82) is 0 Å². The molecule has 4 nitrogen and oxygen atoms in total. The summed E-state index contributed by atoms with van der Waals surface area (Å²) in [4.78, 5) is 12.3. The van der Waals surface area contributed by atoms with Crippen molar-refractivity contribution in [1.82, 2.24) is 9.78 Å². The second kappa shape index (κ2) is 4.17. The van der Waals surface area contributed by atoms with E-state index in [0.717, 1.165) is 23.3 Å². The van der Waals surface area contributed by atoms with Gasteiger partial charge in [-0.3, -0.25) is 4.79 Å². The van der Waals surface area contributed by atoms with Crippen LogP contribution in [0.15, 0.2) is 11.0 Å². The smallest absolute Gasteiger partial charge is 0.271 e. The van der Waals surface area contributed by atoms with E-state index < -0.39 is 0 Å². The highest BCUT2D eigenvalue weighted by Gasteiger charge is 2.52. The van der Waals surface area contributed by atoms with E-state index >= 15 is 0 Å². The van der Waals surface area contributed by atoms with Crippen LogP contribution in [0.4, 0.5) is 0 Å². The monoisotopic (exact) mass is 273 g/mol. The van der Waals surface area contributed by atoms with Crippen LogP contribution in [-0.4, -0.2) is 9.78 Å². The largest absolute Gasteiger partial charge is 0.326 e. The molecule has 0 radical (unpaired) electrons.